The van der Waals surface area contributed by atoms with Crippen molar-refractivity contribution in [3.8, 4) is 0 Å². The first kappa shape index (κ1) is 14.7. The third-order valence-electron chi connectivity index (χ3n) is 1.67. The predicted molar refractivity (Wildman–Crippen MR) is 72.4 cm³/mol. The molecule has 88 valence electrons. The van der Waals surface area contributed by atoms with E-state index in [-0.39, 0.29) is 5.44 Å². The lowest BCUT2D eigenvalue weighted by molar-refractivity contribution is 0.134. The number of nitrogens with zero attached hydrogens (tertiary/aromatic N) is 2. The molecule has 0 aliphatic rings. The molecule has 3 nitrogen and oxygen atoms in total. The van der Waals surface area contributed by atoms with E-state index in [9.17, 15) is 0 Å². The molecule has 0 saturated heterocycles. The third-order valence-corrected chi connectivity index (χ3v) is 3.10. The van der Waals surface area contributed by atoms with Crippen molar-refractivity contribution in [2.45, 2.75) is 40.1 Å². The predicted octanol–water partition coefficient (Wildman–Crippen LogP) is 3.10. The van der Waals surface area contributed by atoms with Crippen LogP contribution in [0.5, 0.6) is 0 Å². The average molecular weight is 248 g/mol. The number of hydrogen-bond acceptors (Lipinski definition) is 4. The van der Waals surface area contributed by atoms with Crippen LogP contribution in [0, 0.1) is 0 Å². The summed E-state index contributed by atoms with van der Waals surface area (Å²) in [6.45, 7) is 11.8. The number of thiocarbonyl (C=S) groups is 1. The lowest BCUT2D eigenvalue weighted by Crippen LogP contribution is -2.28. The molecule has 0 amide bonds. The summed E-state index contributed by atoms with van der Waals surface area (Å²) in [7, 11) is 0. The zero-order valence-electron chi connectivity index (χ0n) is 10.1. The van der Waals surface area contributed by atoms with Crippen molar-refractivity contribution < 1.29 is 4.84 Å². The van der Waals surface area contributed by atoms with E-state index in [0.29, 0.717) is 0 Å². The molecule has 0 heterocycles. The fraction of sp³-hybridized carbons (Fsp3) is 0.800. The van der Waals surface area contributed by atoms with E-state index in [1.807, 2.05) is 20.8 Å². The number of thioether (sulfide) groups is 1. The van der Waals surface area contributed by atoms with Crippen LogP contribution in [0.2, 0.25) is 0 Å². The van der Waals surface area contributed by atoms with Gasteiger partial charge in [-0.25, -0.2) is 0 Å². The molecule has 0 aliphatic carbocycles. The van der Waals surface area contributed by atoms with E-state index in [2.05, 4.69) is 23.9 Å². The fourth-order valence-electron chi connectivity index (χ4n) is 0.899. The first-order chi connectivity index (χ1) is 7.01. The van der Waals surface area contributed by atoms with Gasteiger partial charge in [0.05, 0.1) is 5.71 Å². The number of rotatable bonds is 5. The van der Waals surface area contributed by atoms with E-state index in [1.54, 1.807) is 0 Å². The summed E-state index contributed by atoms with van der Waals surface area (Å²) in [6, 6.07) is 0. The first-order valence-electron chi connectivity index (χ1n) is 5.13. The second kappa shape index (κ2) is 7.93. The van der Waals surface area contributed by atoms with Crippen LogP contribution >= 0.6 is 24.0 Å². The molecule has 5 heteroatoms. The monoisotopic (exact) mass is 248 g/mol. The van der Waals surface area contributed by atoms with Crippen LogP contribution in [0.4, 0.5) is 0 Å². The Labute approximate surface area is 102 Å². The van der Waals surface area contributed by atoms with Gasteiger partial charge in [0.15, 0.2) is 5.44 Å². The Morgan fingerprint density at radius 2 is 1.93 bits per heavy atom. The Morgan fingerprint density at radius 1 is 1.40 bits per heavy atom. The Bertz CT molecular complexity index is 223. The maximum absolute atomic E-state index is 5.29. The number of oxime groups is 1. The van der Waals surface area contributed by atoms with Crippen LogP contribution in [0.25, 0.3) is 0 Å². The van der Waals surface area contributed by atoms with Gasteiger partial charge in [0, 0.05) is 13.1 Å². The van der Waals surface area contributed by atoms with E-state index in [0.717, 1.165) is 23.1 Å². The summed E-state index contributed by atoms with van der Waals surface area (Å²) >= 11 is 6.82. The van der Waals surface area contributed by atoms with Gasteiger partial charge < -0.3 is 9.74 Å². The molecule has 0 aliphatic heterocycles. The highest BCUT2D eigenvalue weighted by atomic mass is 32.2. The molecule has 0 fully saturated rings. The molecule has 0 aromatic carbocycles. The second-order valence-electron chi connectivity index (χ2n) is 3.27. The first-order valence-corrected chi connectivity index (χ1v) is 6.42. The van der Waals surface area contributed by atoms with Crippen molar-refractivity contribution in [1.82, 2.24) is 4.90 Å². The Balaban J connectivity index is 4.00. The molecular weight excluding hydrogens is 228 g/mol. The molecule has 0 radical (unpaired) electrons. The van der Waals surface area contributed by atoms with E-state index >= 15 is 0 Å². The summed E-state index contributed by atoms with van der Waals surface area (Å²) in [5.41, 5.74) is 0.879. The van der Waals surface area contributed by atoms with E-state index < -0.39 is 0 Å². The largest absolute Gasteiger partial charge is 0.381 e. The van der Waals surface area contributed by atoms with Gasteiger partial charge in [0.1, 0.15) is 4.32 Å². The highest BCUT2D eigenvalue weighted by molar-refractivity contribution is 8.23. The van der Waals surface area contributed by atoms with Crippen LogP contribution < -0.4 is 0 Å². The smallest absolute Gasteiger partial charge is 0.176 e. The highest BCUT2D eigenvalue weighted by Gasteiger charge is 2.11. The molecular formula is C10H20N2OS2. The quantitative estimate of drug-likeness (QED) is 0.323. The van der Waals surface area contributed by atoms with Gasteiger partial charge in [-0.2, -0.15) is 0 Å². The minimum Gasteiger partial charge on any atom is -0.381 e. The van der Waals surface area contributed by atoms with Gasteiger partial charge in [-0.1, -0.05) is 17.4 Å². The zero-order valence-corrected chi connectivity index (χ0v) is 11.7. The third kappa shape index (κ3) is 6.73. The average Bonchev–Trinajstić information content (AvgIpc) is 2.16. The molecule has 0 N–H and O–H groups in total. The normalized spacial score (nSPS) is 11.8. The summed E-state index contributed by atoms with van der Waals surface area (Å²) in [4.78, 5) is 7.38. The minimum atomic E-state index is -0.0343. The fourth-order valence-corrected chi connectivity index (χ4v) is 2.34. The van der Waals surface area contributed by atoms with E-state index in [1.165, 1.54) is 11.8 Å². The van der Waals surface area contributed by atoms with Gasteiger partial charge in [-0.15, -0.1) is 0 Å². The lowest BCUT2D eigenvalue weighted by Gasteiger charge is -2.22. The topological polar surface area (TPSA) is 24.8 Å². The van der Waals surface area contributed by atoms with Gasteiger partial charge in [-0.05, 0) is 46.4 Å². The van der Waals surface area contributed by atoms with Gasteiger partial charge in [0.25, 0.3) is 0 Å². The van der Waals surface area contributed by atoms with Crippen LogP contribution in [0.3, 0.4) is 0 Å². The van der Waals surface area contributed by atoms with E-state index in [4.69, 9.17) is 17.1 Å². The number of hydrogen-bond donors (Lipinski definition) is 0. The van der Waals surface area contributed by atoms with Crippen LogP contribution in [0.1, 0.15) is 34.6 Å². The second-order valence-corrected chi connectivity index (χ2v) is 5.20. The zero-order chi connectivity index (χ0) is 11.8. The van der Waals surface area contributed by atoms with Gasteiger partial charge in [0.2, 0.25) is 0 Å². The molecule has 0 bridgehead atoms. The highest BCUT2D eigenvalue weighted by Crippen LogP contribution is 2.17. The summed E-state index contributed by atoms with van der Waals surface area (Å²) in [6.07, 6.45) is 0. The van der Waals surface area contributed by atoms with Crippen molar-refractivity contribution in [2.75, 3.05) is 13.1 Å². The standard InChI is InChI=1S/C10H20N2OS2/c1-6-12(7-2)10(14)15-9(5)13-11-8(3)4/h9H,6-7H2,1-5H3/t9-/m1/s1. The lowest BCUT2D eigenvalue weighted by atomic mass is 10.5. The van der Waals surface area contributed by atoms with Crippen LogP contribution in [-0.4, -0.2) is 33.5 Å². The molecule has 0 rings (SSSR count). The van der Waals surface area contributed by atoms with Gasteiger partial charge in [-0.3, -0.25) is 0 Å². The van der Waals surface area contributed by atoms with Crippen molar-refractivity contribution in [1.29, 1.82) is 0 Å². The van der Waals surface area contributed by atoms with Crippen molar-refractivity contribution in [2.24, 2.45) is 5.16 Å². The Hall–Kier alpha value is -0.290. The molecule has 0 saturated carbocycles. The summed E-state index contributed by atoms with van der Waals surface area (Å²) in [5, 5.41) is 3.91. The van der Waals surface area contributed by atoms with Crippen LogP contribution in [-0.2, 0) is 4.84 Å². The Morgan fingerprint density at radius 3 is 2.33 bits per heavy atom. The molecule has 0 aromatic rings. The molecule has 15 heavy (non-hydrogen) atoms. The maximum atomic E-state index is 5.29. The SMILES string of the molecule is CCN(CC)C(=S)S[C@H](C)ON=C(C)C. The summed E-state index contributed by atoms with van der Waals surface area (Å²) in [5.74, 6) is 0. The molecule has 0 spiro atoms. The molecule has 0 aromatic heterocycles. The maximum Gasteiger partial charge on any atom is 0.176 e. The van der Waals surface area contributed by atoms with Crippen molar-refractivity contribution in [3.05, 3.63) is 0 Å². The molecule has 1 atom stereocenters. The Kier molecular flexibility index (Phi) is 7.78. The van der Waals surface area contributed by atoms with Crippen molar-refractivity contribution in [3.63, 3.8) is 0 Å². The minimum absolute atomic E-state index is 0.0343. The molecule has 0 unspecified atom stereocenters. The summed E-state index contributed by atoms with van der Waals surface area (Å²) < 4.78 is 0.872. The van der Waals surface area contributed by atoms with Crippen LogP contribution in [0.15, 0.2) is 5.16 Å². The van der Waals surface area contributed by atoms with Gasteiger partial charge >= 0.3 is 0 Å². The van der Waals surface area contributed by atoms with Crippen molar-refractivity contribution >= 4 is 34.0 Å².